The van der Waals surface area contributed by atoms with Gasteiger partial charge in [-0.2, -0.15) is 10.1 Å². The van der Waals surface area contributed by atoms with E-state index in [0.717, 1.165) is 11.3 Å². The second-order valence-corrected chi connectivity index (χ2v) is 6.87. The number of hydrogen-bond donors (Lipinski definition) is 0. The van der Waals surface area contributed by atoms with E-state index in [1.54, 1.807) is 25.3 Å². The van der Waals surface area contributed by atoms with Crippen molar-refractivity contribution in [2.75, 3.05) is 28.4 Å². The summed E-state index contributed by atoms with van der Waals surface area (Å²) in [4.78, 5) is 16.8. The van der Waals surface area contributed by atoms with Gasteiger partial charge in [-0.25, -0.2) is 4.68 Å². The van der Waals surface area contributed by atoms with Gasteiger partial charge in [0.2, 0.25) is 17.5 Å². The highest BCUT2D eigenvalue weighted by molar-refractivity contribution is 5.66. The van der Waals surface area contributed by atoms with E-state index in [0.29, 0.717) is 34.3 Å². The molecule has 170 valence electrons. The molecule has 33 heavy (non-hydrogen) atoms. The molecule has 0 amide bonds. The monoisotopic (exact) mass is 450 g/mol. The molecule has 0 aliphatic heterocycles. The lowest BCUT2D eigenvalue weighted by atomic mass is 10.1. The highest BCUT2D eigenvalue weighted by Crippen LogP contribution is 2.40. The zero-order valence-electron chi connectivity index (χ0n) is 18.6. The van der Waals surface area contributed by atoms with Crippen LogP contribution < -0.4 is 24.5 Å². The van der Waals surface area contributed by atoms with Crippen LogP contribution in [0.1, 0.15) is 5.89 Å². The summed E-state index contributed by atoms with van der Waals surface area (Å²) in [6.07, 6.45) is 0. The van der Waals surface area contributed by atoms with E-state index in [4.69, 9.17) is 23.5 Å². The Morgan fingerprint density at radius 1 is 0.848 bits per heavy atom. The molecule has 2 heterocycles. The van der Waals surface area contributed by atoms with Gasteiger partial charge < -0.3 is 23.5 Å². The molecule has 4 aromatic rings. The van der Waals surface area contributed by atoms with Crippen molar-refractivity contribution in [2.45, 2.75) is 6.54 Å². The topological polar surface area (TPSA) is 111 Å². The highest BCUT2D eigenvalue weighted by atomic mass is 16.5. The Labute approximate surface area is 189 Å². The minimum Gasteiger partial charge on any atom is -0.497 e. The lowest BCUT2D eigenvalue weighted by Gasteiger charge is -2.12. The molecule has 0 fully saturated rings. The molecule has 0 bridgehead atoms. The van der Waals surface area contributed by atoms with Crippen LogP contribution in [-0.4, -0.2) is 48.4 Å². The van der Waals surface area contributed by atoms with Gasteiger partial charge in [0.1, 0.15) is 12.3 Å². The molecule has 0 N–H and O–H groups in total. The van der Waals surface area contributed by atoms with Crippen LogP contribution in [0, 0.1) is 0 Å². The quantitative estimate of drug-likeness (QED) is 0.400. The Hall–Kier alpha value is -4.34. The SMILES string of the molecule is COc1ccc(-c2ccc(=O)n(Cc3nc(-c4cc(OC)c(OC)c(OC)c4)no3)n2)cc1. The van der Waals surface area contributed by atoms with Crippen molar-refractivity contribution in [3.8, 4) is 45.6 Å². The summed E-state index contributed by atoms with van der Waals surface area (Å²) >= 11 is 0. The Balaban J connectivity index is 1.62. The fraction of sp³-hybridized carbons (Fsp3) is 0.217. The minimum absolute atomic E-state index is 0.0141. The van der Waals surface area contributed by atoms with Gasteiger partial charge in [0, 0.05) is 17.2 Å². The van der Waals surface area contributed by atoms with Crippen LogP contribution in [0.5, 0.6) is 23.0 Å². The normalized spacial score (nSPS) is 10.7. The summed E-state index contributed by atoms with van der Waals surface area (Å²) in [5.41, 5.74) is 1.78. The zero-order valence-corrected chi connectivity index (χ0v) is 18.6. The molecule has 0 spiro atoms. The summed E-state index contributed by atoms with van der Waals surface area (Å²) < 4.78 is 27.9. The first-order valence-corrected chi connectivity index (χ1v) is 9.91. The molecule has 10 nitrogen and oxygen atoms in total. The van der Waals surface area contributed by atoms with Gasteiger partial charge in [0.25, 0.3) is 5.56 Å². The molecule has 0 unspecified atom stereocenters. The molecule has 0 radical (unpaired) electrons. The minimum atomic E-state index is -0.292. The maximum absolute atomic E-state index is 12.4. The molecule has 0 saturated heterocycles. The number of benzene rings is 2. The summed E-state index contributed by atoms with van der Waals surface area (Å²) in [7, 11) is 6.18. The summed E-state index contributed by atoms with van der Waals surface area (Å²) in [6.45, 7) is 0.0141. The van der Waals surface area contributed by atoms with Crippen LogP contribution >= 0.6 is 0 Å². The number of methoxy groups -OCH3 is 4. The number of hydrogen-bond acceptors (Lipinski definition) is 9. The molecular formula is C23H22N4O6. The van der Waals surface area contributed by atoms with Crippen molar-refractivity contribution >= 4 is 0 Å². The van der Waals surface area contributed by atoms with Crippen molar-refractivity contribution in [1.29, 1.82) is 0 Å². The first-order valence-electron chi connectivity index (χ1n) is 9.91. The van der Waals surface area contributed by atoms with E-state index in [2.05, 4.69) is 15.2 Å². The maximum atomic E-state index is 12.4. The van der Waals surface area contributed by atoms with E-state index in [1.165, 1.54) is 32.1 Å². The third-order valence-corrected chi connectivity index (χ3v) is 4.93. The van der Waals surface area contributed by atoms with E-state index in [9.17, 15) is 4.79 Å². The standard InChI is InChI=1S/C23H22N4O6/c1-29-16-7-5-14(6-8-16)17-9-10-21(28)27(25-17)13-20-24-23(26-33-20)15-11-18(30-2)22(32-4)19(12-15)31-3/h5-12H,13H2,1-4H3. The van der Waals surface area contributed by atoms with Crippen LogP contribution in [0.15, 0.2) is 57.8 Å². The number of ether oxygens (including phenoxy) is 4. The first kappa shape index (κ1) is 21.9. The van der Waals surface area contributed by atoms with Crippen LogP contribution in [-0.2, 0) is 6.54 Å². The fourth-order valence-corrected chi connectivity index (χ4v) is 3.25. The van der Waals surface area contributed by atoms with Gasteiger partial charge >= 0.3 is 0 Å². The first-order chi connectivity index (χ1) is 16.1. The van der Waals surface area contributed by atoms with E-state index in [-0.39, 0.29) is 18.0 Å². The molecule has 0 saturated carbocycles. The van der Waals surface area contributed by atoms with Crippen molar-refractivity contribution in [3.63, 3.8) is 0 Å². The average molecular weight is 450 g/mol. The Kier molecular flexibility index (Phi) is 6.25. The predicted octanol–water partition coefficient (Wildman–Crippen LogP) is 3.04. The fourth-order valence-electron chi connectivity index (χ4n) is 3.25. The molecule has 0 atom stereocenters. The van der Waals surface area contributed by atoms with Gasteiger partial charge in [-0.15, -0.1) is 0 Å². The number of nitrogens with zero attached hydrogens (tertiary/aromatic N) is 4. The molecule has 2 aromatic carbocycles. The van der Waals surface area contributed by atoms with Crippen molar-refractivity contribution in [1.82, 2.24) is 19.9 Å². The van der Waals surface area contributed by atoms with Gasteiger partial charge in [0.05, 0.1) is 34.1 Å². The Morgan fingerprint density at radius 3 is 2.15 bits per heavy atom. The zero-order chi connectivity index (χ0) is 23.4. The van der Waals surface area contributed by atoms with E-state index >= 15 is 0 Å². The molecule has 2 aromatic heterocycles. The van der Waals surface area contributed by atoms with Crippen molar-refractivity contribution in [3.05, 3.63) is 64.8 Å². The largest absolute Gasteiger partial charge is 0.497 e. The molecule has 0 aliphatic carbocycles. The summed E-state index contributed by atoms with van der Waals surface area (Å²) in [5.74, 6) is 2.64. The maximum Gasteiger partial charge on any atom is 0.267 e. The van der Waals surface area contributed by atoms with Gasteiger partial charge in [0.15, 0.2) is 11.5 Å². The summed E-state index contributed by atoms with van der Waals surface area (Å²) in [6, 6.07) is 13.9. The molecule has 10 heteroatoms. The van der Waals surface area contributed by atoms with Crippen molar-refractivity contribution in [2.24, 2.45) is 0 Å². The Morgan fingerprint density at radius 2 is 1.55 bits per heavy atom. The highest BCUT2D eigenvalue weighted by Gasteiger charge is 2.18. The van der Waals surface area contributed by atoms with Crippen LogP contribution in [0.3, 0.4) is 0 Å². The van der Waals surface area contributed by atoms with Crippen LogP contribution in [0.4, 0.5) is 0 Å². The third kappa shape index (κ3) is 4.49. The van der Waals surface area contributed by atoms with Crippen LogP contribution in [0.25, 0.3) is 22.6 Å². The number of rotatable bonds is 8. The van der Waals surface area contributed by atoms with E-state index in [1.807, 2.05) is 24.3 Å². The van der Waals surface area contributed by atoms with Crippen LogP contribution in [0.2, 0.25) is 0 Å². The third-order valence-electron chi connectivity index (χ3n) is 4.93. The predicted molar refractivity (Wildman–Crippen MR) is 119 cm³/mol. The van der Waals surface area contributed by atoms with Crippen molar-refractivity contribution < 1.29 is 23.5 Å². The molecular weight excluding hydrogens is 428 g/mol. The second kappa shape index (κ2) is 9.43. The molecule has 4 rings (SSSR count). The molecule has 0 aliphatic rings. The number of aromatic nitrogens is 4. The second-order valence-electron chi connectivity index (χ2n) is 6.87. The average Bonchev–Trinajstić information content (AvgIpc) is 3.33. The lowest BCUT2D eigenvalue weighted by Crippen LogP contribution is -2.23. The van der Waals surface area contributed by atoms with E-state index < -0.39 is 0 Å². The summed E-state index contributed by atoms with van der Waals surface area (Å²) in [5, 5.41) is 8.45. The van der Waals surface area contributed by atoms with Gasteiger partial charge in [-0.3, -0.25) is 4.79 Å². The Bertz CT molecular complexity index is 1290. The van der Waals surface area contributed by atoms with Gasteiger partial charge in [-0.1, -0.05) is 5.16 Å². The van der Waals surface area contributed by atoms with Gasteiger partial charge in [-0.05, 0) is 42.5 Å². The smallest absolute Gasteiger partial charge is 0.267 e. The lowest BCUT2D eigenvalue weighted by molar-refractivity contribution is 0.324.